The summed E-state index contributed by atoms with van der Waals surface area (Å²) in [6.07, 6.45) is 1.45. The first-order valence-electron chi connectivity index (χ1n) is 3.98. The Morgan fingerprint density at radius 3 is 2.80 bits per heavy atom. The van der Waals surface area contributed by atoms with Gasteiger partial charge in [-0.3, -0.25) is 10.1 Å². The van der Waals surface area contributed by atoms with Crippen LogP contribution in [0.1, 0.15) is 0 Å². The lowest BCUT2D eigenvalue weighted by Crippen LogP contribution is -1.90. The first-order chi connectivity index (χ1) is 7.09. The van der Waals surface area contributed by atoms with Gasteiger partial charge in [-0.15, -0.1) is 0 Å². The summed E-state index contributed by atoms with van der Waals surface area (Å²) in [5.74, 6) is 0. The van der Waals surface area contributed by atoms with Gasteiger partial charge < -0.3 is 0 Å². The molecule has 0 spiro atoms. The molecule has 0 bridgehead atoms. The van der Waals surface area contributed by atoms with Gasteiger partial charge in [0.15, 0.2) is 0 Å². The molecule has 0 N–H and O–H groups in total. The number of non-ortho nitro benzene ring substituents is 1. The molecule has 0 atom stereocenters. The van der Waals surface area contributed by atoms with E-state index < -0.39 is 4.92 Å². The van der Waals surface area contributed by atoms with Gasteiger partial charge in [0.2, 0.25) is 0 Å². The molecule has 1 aromatic carbocycles. The fourth-order valence-electron chi connectivity index (χ4n) is 1.35. The summed E-state index contributed by atoms with van der Waals surface area (Å²) >= 11 is 9.05. The number of hydrogen-bond donors (Lipinski definition) is 0. The number of benzene rings is 1. The van der Waals surface area contributed by atoms with Crippen LogP contribution < -0.4 is 0 Å². The number of rotatable bonds is 1. The number of fused-ring (bicyclic) bond motifs is 1. The molecule has 0 aliphatic carbocycles. The number of nitrogens with zero attached hydrogens (tertiary/aromatic N) is 2. The van der Waals surface area contributed by atoms with Crippen molar-refractivity contribution in [2.24, 2.45) is 0 Å². The van der Waals surface area contributed by atoms with Crippen LogP contribution in [0.25, 0.3) is 10.8 Å². The van der Waals surface area contributed by atoms with Crippen molar-refractivity contribution in [2.45, 2.75) is 0 Å². The van der Waals surface area contributed by atoms with Gasteiger partial charge in [-0.2, -0.15) is 0 Å². The molecule has 2 aromatic rings. The first kappa shape index (κ1) is 10.3. The fourth-order valence-corrected chi connectivity index (χ4v) is 2.01. The lowest BCUT2D eigenvalue weighted by atomic mass is 10.1. The number of hydrogen-bond acceptors (Lipinski definition) is 3. The second-order valence-corrected chi connectivity index (χ2v) is 4.15. The van der Waals surface area contributed by atoms with Crippen LogP contribution in [-0.4, -0.2) is 9.91 Å². The molecule has 2 rings (SSSR count). The van der Waals surface area contributed by atoms with Crippen molar-refractivity contribution in [3.63, 3.8) is 0 Å². The van der Waals surface area contributed by atoms with Crippen molar-refractivity contribution in [3.8, 4) is 0 Å². The molecule has 0 radical (unpaired) electrons. The Hall–Kier alpha value is -1.20. The van der Waals surface area contributed by atoms with Crippen LogP contribution in [0.5, 0.6) is 0 Å². The van der Waals surface area contributed by atoms with E-state index in [0.717, 1.165) is 0 Å². The predicted octanol–water partition coefficient (Wildman–Crippen LogP) is 3.56. The van der Waals surface area contributed by atoms with Gasteiger partial charge in [-0.25, -0.2) is 4.98 Å². The minimum Gasteiger partial charge on any atom is -0.258 e. The highest BCUT2D eigenvalue weighted by Gasteiger charge is 2.14. The maximum atomic E-state index is 10.8. The first-order valence-corrected chi connectivity index (χ1v) is 5.15. The van der Waals surface area contributed by atoms with Gasteiger partial charge in [0.05, 0.1) is 10.3 Å². The Kier molecular flexibility index (Phi) is 2.58. The molecule has 4 nitrogen and oxygen atoms in total. The molecule has 0 saturated heterocycles. The fraction of sp³-hybridized carbons (Fsp3) is 0. The number of pyridine rings is 1. The van der Waals surface area contributed by atoms with Gasteiger partial charge in [0.25, 0.3) is 5.69 Å². The molecule has 0 aliphatic rings. The number of halogens is 2. The van der Waals surface area contributed by atoms with Crippen LogP contribution in [0, 0.1) is 10.1 Å². The summed E-state index contributed by atoms with van der Waals surface area (Å²) in [6.45, 7) is 0. The minimum atomic E-state index is -0.441. The Morgan fingerprint density at radius 2 is 2.13 bits per heavy atom. The van der Waals surface area contributed by atoms with Crippen LogP contribution in [0.2, 0.25) is 5.15 Å². The highest BCUT2D eigenvalue weighted by molar-refractivity contribution is 9.10. The lowest BCUT2D eigenvalue weighted by molar-refractivity contribution is -0.383. The number of aromatic nitrogens is 1. The standard InChI is InChI=1S/C9H4BrClN2O2/c10-5-3-7-6(1-2-12-9(7)11)8(4-5)13(14)15/h1-4H. The Labute approximate surface area is 98.2 Å². The van der Waals surface area contributed by atoms with Crippen LogP contribution in [-0.2, 0) is 0 Å². The smallest absolute Gasteiger partial charge is 0.258 e. The molecule has 0 saturated carbocycles. The topological polar surface area (TPSA) is 56.0 Å². The summed E-state index contributed by atoms with van der Waals surface area (Å²) in [7, 11) is 0. The van der Waals surface area contributed by atoms with Crippen molar-refractivity contribution in [1.29, 1.82) is 0 Å². The average molecular weight is 288 g/mol. The van der Waals surface area contributed by atoms with E-state index in [1.54, 1.807) is 12.1 Å². The summed E-state index contributed by atoms with van der Waals surface area (Å²) in [4.78, 5) is 14.2. The van der Waals surface area contributed by atoms with E-state index in [1.807, 2.05) is 0 Å². The molecule has 15 heavy (non-hydrogen) atoms. The Morgan fingerprint density at radius 1 is 1.40 bits per heavy atom. The summed E-state index contributed by atoms with van der Waals surface area (Å²) in [6, 6.07) is 4.72. The zero-order valence-electron chi connectivity index (χ0n) is 7.28. The third-order valence-electron chi connectivity index (χ3n) is 1.97. The van der Waals surface area contributed by atoms with E-state index in [1.165, 1.54) is 12.3 Å². The van der Waals surface area contributed by atoms with Crippen LogP contribution >= 0.6 is 27.5 Å². The maximum Gasteiger partial charge on any atom is 0.278 e. The van der Waals surface area contributed by atoms with E-state index in [0.29, 0.717) is 15.2 Å². The van der Waals surface area contributed by atoms with Gasteiger partial charge in [0.1, 0.15) is 5.15 Å². The third-order valence-corrected chi connectivity index (χ3v) is 2.73. The molecule has 0 unspecified atom stereocenters. The van der Waals surface area contributed by atoms with Crippen LogP contribution in [0.4, 0.5) is 5.69 Å². The summed E-state index contributed by atoms with van der Waals surface area (Å²) in [5.41, 5.74) is 0.0173. The highest BCUT2D eigenvalue weighted by Crippen LogP contribution is 2.32. The van der Waals surface area contributed by atoms with Crippen molar-refractivity contribution in [2.75, 3.05) is 0 Å². The van der Waals surface area contributed by atoms with Crippen molar-refractivity contribution in [3.05, 3.63) is 44.1 Å². The second kappa shape index (κ2) is 3.75. The lowest BCUT2D eigenvalue weighted by Gasteiger charge is -2.01. The predicted molar refractivity (Wildman–Crippen MR) is 61.1 cm³/mol. The largest absolute Gasteiger partial charge is 0.278 e. The molecule has 1 aromatic heterocycles. The molecular weight excluding hydrogens is 283 g/mol. The monoisotopic (exact) mass is 286 g/mol. The minimum absolute atomic E-state index is 0.0173. The molecule has 0 amide bonds. The van der Waals surface area contributed by atoms with Crippen molar-refractivity contribution < 1.29 is 4.92 Å². The summed E-state index contributed by atoms with van der Waals surface area (Å²) < 4.78 is 0.608. The zero-order valence-corrected chi connectivity index (χ0v) is 9.62. The zero-order chi connectivity index (χ0) is 11.0. The number of nitro groups is 1. The van der Waals surface area contributed by atoms with Gasteiger partial charge in [-0.05, 0) is 12.1 Å². The van der Waals surface area contributed by atoms with E-state index in [9.17, 15) is 10.1 Å². The molecule has 76 valence electrons. The second-order valence-electron chi connectivity index (χ2n) is 2.88. The summed E-state index contributed by atoms with van der Waals surface area (Å²) in [5, 5.41) is 12.1. The normalized spacial score (nSPS) is 10.5. The van der Waals surface area contributed by atoms with Crippen molar-refractivity contribution in [1.82, 2.24) is 4.98 Å². The molecular formula is C9H4BrClN2O2. The van der Waals surface area contributed by atoms with Gasteiger partial charge in [0, 0.05) is 22.1 Å². The van der Waals surface area contributed by atoms with Gasteiger partial charge in [-0.1, -0.05) is 27.5 Å². The SMILES string of the molecule is O=[N+]([O-])c1cc(Br)cc2c(Cl)nccc12. The molecule has 6 heteroatoms. The maximum absolute atomic E-state index is 10.8. The Bertz CT molecular complexity index is 559. The quantitative estimate of drug-likeness (QED) is 0.458. The highest BCUT2D eigenvalue weighted by atomic mass is 79.9. The third kappa shape index (κ3) is 1.80. The number of nitro benzene ring substituents is 1. The van der Waals surface area contributed by atoms with E-state index in [-0.39, 0.29) is 10.8 Å². The Balaban J connectivity index is 2.92. The van der Waals surface area contributed by atoms with Crippen molar-refractivity contribution >= 4 is 44.0 Å². The molecule has 0 aliphatic heterocycles. The van der Waals surface area contributed by atoms with E-state index >= 15 is 0 Å². The van der Waals surface area contributed by atoms with Gasteiger partial charge >= 0.3 is 0 Å². The van der Waals surface area contributed by atoms with E-state index in [4.69, 9.17) is 11.6 Å². The van der Waals surface area contributed by atoms with Crippen LogP contribution in [0.15, 0.2) is 28.9 Å². The van der Waals surface area contributed by atoms with Crippen LogP contribution in [0.3, 0.4) is 0 Å². The van der Waals surface area contributed by atoms with E-state index in [2.05, 4.69) is 20.9 Å². The molecule has 1 heterocycles. The average Bonchev–Trinajstić information content (AvgIpc) is 2.18. The molecule has 0 fully saturated rings.